The van der Waals surface area contributed by atoms with Crippen molar-refractivity contribution in [3.63, 3.8) is 0 Å². The van der Waals surface area contributed by atoms with E-state index in [0.717, 1.165) is 0 Å². The highest BCUT2D eigenvalue weighted by molar-refractivity contribution is 9.10. The van der Waals surface area contributed by atoms with Crippen LogP contribution < -0.4 is 5.73 Å². The minimum atomic E-state index is -1.05. The van der Waals surface area contributed by atoms with E-state index < -0.39 is 6.17 Å². The number of nitrogens with two attached hydrogens (primary N) is 1. The standard InChI is InChI=1S/C10H11BrFNO/c1-6(12)8-3-2-7(4-9(8)11)10(14)5-13/h2-4,6H,5,13H2,1H3. The molecular formula is C10H11BrFNO. The van der Waals surface area contributed by atoms with Crippen LogP contribution in [-0.2, 0) is 0 Å². The minimum absolute atomic E-state index is 0.0308. The zero-order valence-electron chi connectivity index (χ0n) is 7.76. The summed E-state index contributed by atoms with van der Waals surface area (Å²) in [5.41, 5.74) is 6.26. The monoisotopic (exact) mass is 259 g/mol. The predicted molar refractivity (Wildman–Crippen MR) is 57.0 cm³/mol. The number of carbonyl (C=O) groups excluding carboxylic acids is 1. The van der Waals surface area contributed by atoms with E-state index in [1.54, 1.807) is 18.2 Å². The lowest BCUT2D eigenvalue weighted by atomic mass is 10.1. The Morgan fingerprint density at radius 1 is 1.64 bits per heavy atom. The van der Waals surface area contributed by atoms with Gasteiger partial charge in [-0.05, 0) is 18.6 Å². The van der Waals surface area contributed by atoms with Crippen LogP contribution in [0.4, 0.5) is 4.39 Å². The molecule has 1 atom stereocenters. The lowest BCUT2D eigenvalue weighted by Gasteiger charge is -2.06. The van der Waals surface area contributed by atoms with Crippen LogP contribution in [-0.4, -0.2) is 12.3 Å². The second-order valence-electron chi connectivity index (χ2n) is 2.98. The summed E-state index contributed by atoms with van der Waals surface area (Å²) >= 11 is 3.21. The van der Waals surface area contributed by atoms with Crippen LogP contribution in [0.15, 0.2) is 22.7 Å². The Kier molecular flexibility index (Phi) is 3.77. The van der Waals surface area contributed by atoms with Crippen LogP contribution >= 0.6 is 15.9 Å². The smallest absolute Gasteiger partial charge is 0.176 e. The van der Waals surface area contributed by atoms with Crippen LogP contribution in [0.5, 0.6) is 0 Å². The Morgan fingerprint density at radius 3 is 2.71 bits per heavy atom. The lowest BCUT2D eigenvalue weighted by Crippen LogP contribution is -2.13. The third kappa shape index (κ3) is 2.39. The summed E-state index contributed by atoms with van der Waals surface area (Å²) in [5, 5.41) is 0. The summed E-state index contributed by atoms with van der Waals surface area (Å²) in [6, 6.07) is 4.78. The van der Waals surface area contributed by atoms with Gasteiger partial charge in [-0.1, -0.05) is 28.1 Å². The van der Waals surface area contributed by atoms with Crippen LogP contribution in [0.1, 0.15) is 29.0 Å². The first-order chi connectivity index (χ1) is 6.56. The molecule has 0 saturated carbocycles. The Bertz CT molecular complexity index is 352. The zero-order chi connectivity index (χ0) is 10.7. The molecule has 4 heteroatoms. The molecule has 0 aromatic heterocycles. The van der Waals surface area contributed by atoms with Gasteiger partial charge in [-0.2, -0.15) is 0 Å². The van der Waals surface area contributed by atoms with Gasteiger partial charge in [0.25, 0.3) is 0 Å². The van der Waals surface area contributed by atoms with E-state index in [4.69, 9.17) is 5.73 Å². The Labute approximate surface area is 90.4 Å². The summed E-state index contributed by atoms with van der Waals surface area (Å²) in [6.45, 7) is 1.42. The van der Waals surface area contributed by atoms with Crippen LogP contribution in [0, 0.1) is 0 Å². The number of Topliss-reactive ketones (excluding diaryl/α,β-unsaturated/α-hetero) is 1. The highest BCUT2D eigenvalue weighted by Crippen LogP contribution is 2.26. The Balaban J connectivity index is 3.06. The van der Waals surface area contributed by atoms with Crippen molar-refractivity contribution in [1.82, 2.24) is 0 Å². The minimum Gasteiger partial charge on any atom is -0.324 e. The molecule has 0 bridgehead atoms. The first-order valence-electron chi connectivity index (χ1n) is 4.23. The van der Waals surface area contributed by atoms with Gasteiger partial charge in [0.05, 0.1) is 6.54 Å². The lowest BCUT2D eigenvalue weighted by molar-refractivity contribution is 0.100. The molecule has 1 aromatic carbocycles. The van der Waals surface area contributed by atoms with Crippen LogP contribution in [0.2, 0.25) is 0 Å². The van der Waals surface area contributed by atoms with Crippen molar-refractivity contribution in [1.29, 1.82) is 0 Å². The topological polar surface area (TPSA) is 43.1 Å². The molecule has 0 aliphatic rings. The number of benzene rings is 1. The molecule has 14 heavy (non-hydrogen) atoms. The van der Waals surface area contributed by atoms with Crippen LogP contribution in [0.25, 0.3) is 0 Å². The van der Waals surface area contributed by atoms with Crippen molar-refractivity contribution >= 4 is 21.7 Å². The number of ketones is 1. The van der Waals surface area contributed by atoms with Gasteiger partial charge in [-0.25, -0.2) is 4.39 Å². The zero-order valence-corrected chi connectivity index (χ0v) is 9.34. The quantitative estimate of drug-likeness (QED) is 0.849. The molecular weight excluding hydrogens is 249 g/mol. The molecule has 1 unspecified atom stereocenters. The third-order valence-electron chi connectivity index (χ3n) is 1.94. The highest BCUT2D eigenvalue weighted by Gasteiger charge is 2.10. The summed E-state index contributed by atoms with van der Waals surface area (Å²) in [7, 11) is 0. The summed E-state index contributed by atoms with van der Waals surface area (Å²) in [5.74, 6) is -0.149. The van der Waals surface area contributed by atoms with E-state index >= 15 is 0 Å². The molecule has 0 fully saturated rings. The van der Waals surface area contributed by atoms with Crippen molar-refractivity contribution < 1.29 is 9.18 Å². The molecule has 2 nitrogen and oxygen atoms in total. The van der Waals surface area contributed by atoms with Gasteiger partial charge < -0.3 is 5.73 Å². The van der Waals surface area contributed by atoms with Gasteiger partial charge in [0.1, 0.15) is 6.17 Å². The Morgan fingerprint density at radius 2 is 2.29 bits per heavy atom. The highest BCUT2D eigenvalue weighted by atomic mass is 79.9. The number of rotatable bonds is 3. The number of alkyl halides is 1. The van der Waals surface area contributed by atoms with Gasteiger partial charge in [0.15, 0.2) is 5.78 Å². The fourth-order valence-corrected chi connectivity index (χ4v) is 1.84. The first kappa shape index (κ1) is 11.3. The molecule has 0 aliphatic heterocycles. The second-order valence-corrected chi connectivity index (χ2v) is 3.83. The fourth-order valence-electron chi connectivity index (χ4n) is 1.14. The maximum absolute atomic E-state index is 13.0. The van der Waals surface area contributed by atoms with Gasteiger partial charge in [0.2, 0.25) is 0 Å². The van der Waals surface area contributed by atoms with E-state index in [-0.39, 0.29) is 12.3 Å². The first-order valence-corrected chi connectivity index (χ1v) is 5.02. The largest absolute Gasteiger partial charge is 0.324 e. The molecule has 0 spiro atoms. The molecule has 1 rings (SSSR count). The van der Waals surface area contributed by atoms with Crippen molar-refractivity contribution in [2.24, 2.45) is 5.73 Å². The molecule has 76 valence electrons. The maximum Gasteiger partial charge on any atom is 0.176 e. The van der Waals surface area contributed by atoms with Gasteiger partial charge in [-0.15, -0.1) is 0 Å². The van der Waals surface area contributed by atoms with Crippen molar-refractivity contribution in [2.45, 2.75) is 13.1 Å². The van der Waals surface area contributed by atoms with Gasteiger partial charge in [-0.3, -0.25) is 4.79 Å². The summed E-state index contributed by atoms with van der Waals surface area (Å²) < 4.78 is 13.6. The van der Waals surface area contributed by atoms with E-state index in [1.165, 1.54) is 6.92 Å². The molecule has 0 heterocycles. The average Bonchev–Trinajstić information content (AvgIpc) is 2.15. The van der Waals surface area contributed by atoms with Crippen molar-refractivity contribution in [2.75, 3.05) is 6.54 Å². The van der Waals surface area contributed by atoms with Crippen molar-refractivity contribution in [3.8, 4) is 0 Å². The number of halogens is 2. The number of hydrogen-bond donors (Lipinski definition) is 1. The summed E-state index contributed by atoms with van der Waals surface area (Å²) in [6.07, 6.45) is -1.05. The van der Waals surface area contributed by atoms with Gasteiger partial charge in [0, 0.05) is 10.0 Å². The van der Waals surface area contributed by atoms with E-state index in [1.807, 2.05) is 0 Å². The average molecular weight is 260 g/mol. The predicted octanol–water partition coefficient (Wildman–Crippen LogP) is 2.62. The van der Waals surface area contributed by atoms with Crippen LogP contribution in [0.3, 0.4) is 0 Å². The molecule has 0 radical (unpaired) electrons. The van der Waals surface area contributed by atoms with E-state index in [2.05, 4.69) is 15.9 Å². The second kappa shape index (κ2) is 4.66. The normalized spacial score (nSPS) is 12.6. The number of carbonyl (C=O) groups is 1. The SMILES string of the molecule is CC(F)c1ccc(C(=O)CN)cc1Br. The molecule has 0 aliphatic carbocycles. The molecule has 0 amide bonds. The van der Waals surface area contributed by atoms with E-state index in [0.29, 0.717) is 15.6 Å². The maximum atomic E-state index is 13.0. The number of hydrogen-bond acceptors (Lipinski definition) is 2. The van der Waals surface area contributed by atoms with E-state index in [9.17, 15) is 9.18 Å². The Hall–Kier alpha value is -0.740. The molecule has 0 saturated heterocycles. The summed E-state index contributed by atoms with van der Waals surface area (Å²) in [4.78, 5) is 11.2. The van der Waals surface area contributed by atoms with Gasteiger partial charge >= 0.3 is 0 Å². The van der Waals surface area contributed by atoms with Crippen molar-refractivity contribution in [3.05, 3.63) is 33.8 Å². The molecule has 1 aromatic rings. The third-order valence-corrected chi connectivity index (χ3v) is 2.62. The molecule has 2 N–H and O–H groups in total. The fraction of sp³-hybridized carbons (Fsp3) is 0.300.